The van der Waals surface area contributed by atoms with Crippen molar-refractivity contribution >= 4 is 16.9 Å². The number of amides is 1. The molecule has 3 aromatic rings. The average Bonchev–Trinajstić information content (AvgIpc) is 3.37. The number of fused-ring (bicyclic) bond motifs is 1. The van der Waals surface area contributed by atoms with Crippen LogP contribution in [0.1, 0.15) is 25.1 Å². The van der Waals surface area contributed by atoms with Crippen molar-refractivity contribution < 1.29 is 13.9 Å². The summed E-state index contributed by atoms with van der Waals surface area (Å²) in [6, 6.07) is 5.80. The highest BCUT2D eigenvalue weighted by atomic mass is 19.1. The molecule has 1 N–H and O–H groups in total. The Morgan fingerprint density at radius 1 is 1.34 bits per heavy atom. The Morgan fingerprint density at radius 3 is 2.86 bits per heavy atom. The molecular weight excluding hydrogens is 377 g/mol. The lowest BCUT2D eigenvalue weighted by molar-refractivity contribution is -0.121. The summed E-state index contributed by atoms with van der Waals surface area (Å²) >= 11 is 0. The number of hydrogen-bond donors (Lipinski definition) is 1. The van der Waals surface area contributed by atoms with Gasteiger partial charge in [-0.05, 0) is 44.0 Å². The van der Waals surface area contributed by atoms with E-state index in [2.05, 4.69) is 15.4 Å². The number of halogens is 1. The van der Waals surface area contributed by atoms with Gasteiger partial charge in [-0.3, -0.25) is 14.2 Å². The smallest absolute Gasteiger partial charge is 0.264 e. The molecule has 0 aliphatic carbocycles. The van der Waals surface area contributed by atoms with Crippen molar-refractivity contribution in [2.75, 3.05) is 13.2 Å². The number of aryl methyl sites for hydroxylation is 1. The average molecular weight is 399 g/mol. The number of carbonyl (C=O) groups excluding carboxylic acids is 1. The van der Waals surface area contributed by atoms with Crippen LogP contribution >= 0.6 is 0 Å². The molecule has 1 unspecified atom stereocenters. The van der Waals surface area contributed by atoms with Crippen molar-refractivity contribution in [3.63, 3.8) is 0 Å². The Kier molecular flexibility index (Phi) is 5.39. The van der Waals surface area contributed by atoms with E-state index in [-0.39, 0.29) is 36.4 Å². The van der Waals surface area contributed by atoms with Gasteiger partial charge in [-0.2, -0.15) is 5.10 Å². The zero-order valence-electron chi connectivity index (χ0n) is 16.1. The molecule has 1 aliphatic rings. The van der Waals surface area contributed by atoms with Crippen LogP contribution in [-0.4, -0.2) is 44.5 Å². The van der Waals surface area contributed by atoms with Crippen molar-refractivity contribution in [2.24, 2.45) is 0 Å². The quantitative estimate of drug-likeness (QED) is 0.682. The van der Waals surface area contributed by atoms with Crippen molar-refractivity contribution in [3.8, 4) is 5.69 Å². The third kappa shape index (κ3) is 4.04. The van der Waals surface area contributed by atoms with Gasteiger partial charge in [0.25, 0.3) is 5.56 Å². The van der Waals surface area contributed by atoms with Crippen molar-refractivity contribution in [1.82, 2.24) is 24.6 Å². The van der Waals surface area contributed by atoms with E-state index in [1.807, 2.05) is 0 Å². The molecule has 1 fully saturated rings. The predicted molar refractivity (Wildman–Crippen MR) is 104 cm³/mol. The van der Waals surface area contributed by atoms with Gasteiger partial charge in [0, 0.05) is 26.1 Å². The van der Waals surface area contributed by atoms with Gasteiger partial charge in [0.15, 0.2) is 5.65 Å². The molecule has 1 aromatic carbocycles. The van der Waals surface area contributed by atoms with E-state index in [1.54, 1.807) is 19.1 Å². The fourth-order valence-corrected chi connectivity index (χ4v) is 3.48. The Labute approximate surface area is 166 Å². The molecule has 4 rings (SSSR count). The Hall–Kier alpha value is -3.07. The molecular formula is C20H22FN5O3. The predicted octanol–water partition coefficient (Wildman–Crippen LogP) is 1.72. The van der Waals surface area contributed by atoms with Gasteiger partial charge in [-0.15, -0.1) is 0 Å². The van der Waals surface area contributed by atoms with Gasteiger partial charge in [-0.25, -0.2) is 14.1 Å². The van der Waals surface area contributed by atoms with Gasteiger partial charge in [-0.1, -0.05) is 0 Å². The van der Waals surface area contributed by atoms with E-state index in [0.29, 0.717) is 29.1 Å². The van der Waals surface area contributed by atoms with Crippen molar-refractivity contribution in [2.45, 2.75) is 38.8 Å². The third-order valence-electron chi connectivity index (χ3n) is 5.06. The molecule has 152 valence electrons. The largest absolute Gasteiger partial charge is 0.376 e. The molecule has 3 heterocycles. The second-order valence-electron chi connectivity index (χ2n) is 7.07. The first-order valence-electron chi connectivity index (χ1n) is 9.62. The second-order valence-corrected chi connectivity index (χ2v) is 7.07. The van der Waals surface area contributed by atoms with Crippen LogP contribution in [-0.2, 0) is 16.1 Å². The van der Waals surface area contributed by atoms with Crippen LogP contribution in [0.15, 0.2) is 35.3 Å². The minimum atomic E-state index is -0.352. The number of rotatable bonds is 6. The highest BCUT2D eigenvalue weighted by Crippen LogP contribution is 2.15. The summed E-state index contributed by atoms with van der Waals surface area (Å²) in [4.78, 5) is 29.5. The molecule has 29 heavy (non-hydrogen) atoms. The van der Waals surface area contributed by atoms with Crippen molar-refractivity contribution in [3.05, 3.63) is 52.5 Å². The fourth-order valence-electron chi connectivity index (χ4n) is 3.48. The standard InChI is InChI=1S/C20H22FN5O3/c1-13-24-19-17(12-23-26(19)15-6-4-14(21)5-7-15)20(28)25(13)9-8-18(27)22-11-16-3-2-10-29-16/h4-7,12,16H,2-3,8-11H2,1H3,(H,22,27). The minimum Gasteiger partial charge on any atom is -0.376 e. The van der Waals surface area contributed by atoms with Crippen LogP contribution in [0.25, 0.3) is 16.7 Å². The maximum Gasteiger partial charge on any atom is 0.264 e. The van der Waals surface area contributed by atoms with E-state index in [0.717, 1.165) is 19.4 Å². The summed E-state index contributed by atoms with van der Waals surface area (Å²) in [5, 5.41) is 7.43. The lowest BCUT2D eigenvalue weighted by Crippen LogP contribution is -2.33. The molecule has 1 saturated heterocycles. The van der Waals surface area contributed by atoms with Crippen molar-refractivity contribution in [1.29, 1.82) is 0 Å². The molecule has 1 amide bonds. The first kappa shape index (κ1) is 19.3. The number of nitrogens with one attached hydrogen (secondary N) is 1. The van der Waals surface area contributed by atoms with E-state index in [4.69, 9.17) is 4.74 Å². The number of nitrogens with zero attached hydrogens (tertiary/aromatic N) is 4. The van der Waals surface area contributed by atoms with E-state index < -0.39 is 0 Å². The van der Waals surface area contributed by atoms with Gasteiger partial charge in [0.2, 0.25) is 5.91 Å². The zero-order valence-corrected chi connectivity index (χ0v) is 16.1. The molecule has 1 aliphatic heterocycles. The lowest BCUT2D eigenvalue weighted by Gasteiger charge is -2.12. The number of carbonyl (C=O) groups is 1. The highest BCUT2D eigenvalue weighted by molar-refractivity contribution is 5.76. The maximum atomic E-state index is 13.2. The van der Waals surface area contributed by atoms with Gasteiger partial charge < -0.3 is 10.1 Å². The van der Waals surface area contributed by atoms with Crippen LogP contribution in [0.5, 0.6) is 0 Å². The molecule has 0 bridgehead atoms. The lowest BCUT2D eigenvalue weighted by atomic mass is 10.2. The molecule has 9 heteroatoms. The molecule has 0 saturated carbocycles. The Morgan fingerprint density at radius 2 is 2.14 bits per heavy atom. The molecule has 1 atom stereocenters. The minimum absolute atomic E-state index is 0.0822. The SMILES string of the molecule is Cc1nc2c(cnn2-c2ccc(F)cc2)c(=O)n1CCC(=O)NCC1CCCO1. The van der Waals surface area contributed by atoms with Gasteiger partial charge in [0.1, 0.15) is 17.0 Å². The molecule has 2 aromatic heterocycles. The van der Waals surface area contributed by atoms with Crippen LogP contribution in [0.4, 0.5) is 4.39 Å². The van der Waals surface area contributed by atoms with Crippen LogP contribution in [0, 0.1) is 12.7 Å². The second kappa shape index (κ2) is 8.12. The summed E-state index contributed by atoms with van der Waals surface area (Å²) in [5.74, 6) is 0.00155. The number of hydrogen-bond acceptors (Lipinski definition) is 5. The van der Waals surface area contributed by atoms with Gasteiger partial charge >= 0.3 is 0 Å². The van der Waals surface area contributed by atoms with Gasteiger partial charge in [0.05, 0.1) is 18.0 Å². The number of ether oxygens (including phenoxy) is 1. The topological polar surface area (TPSA) is 91.0 Å². The normalized spacial score (nSPS) is 16.4. The van der Waals surface area contributed by atoms with Crippen LogP contribution in [0.3, 0.4) is 0 Å². The first-order valence-corrected chi connectivity index (χ1v) is 9.62. The summed E-state index contributed by atoms with van der Waals surface area (Å²) in [5.41, 5.74) is 0.755. The number of aromatic nitrogens is 4. The summed E-state index contributed by atoms with van der Waals surface area (Å²) in [6.45, 7) is 3.18. The first-order chi connectivity index (χ1) is 14.0. The Balaban J connectivity index is 1.51. The molecule has 0 radical (unpaired) electrons. The Bertz CT molecular complexity index is 1080. The van der Waals surface area contributed by atoms with E-state index >= 15 is 0 Å². The van der Waals surface area contributed by atoms with E-state index in [1.165, 1.54) is 27.6 Å². The molecule has 8 nitrogen and oxygen atoms in total. The third-order valence-corrected chi connectivity index (χ3v) is 5.06. The van der Waals surface area contributed by atoms with Crippen LogP contribution in [0.2, 0.25) is 0 Å². The monoisotopic (exact) mass is 399 g/mol. The summed E-state index contributed by atoms with van der Waals surface area (Å²) in [6.07, 6.45) is 3.68. The maximum absolute atomic E-state index is 13.2. The number of benzene rings is 1. The summed E-state index contributed by atoms with van der Waals surface area (Å²) in [7, 11) is 0. The zero-order chi connectivity index (χ0) is 20.4. The molecule has 0 spiro atoms. The van der Waals surface area contributed by atoms with E-state index in [9.17, 15) is 14.0 Å². The highest BCUT2D eigenvalue weighted by Gasteiger charge is 2.17. The fraction of sp³-hybridized carbons (Fsp3) is 0.400. The van der Waals surface area contributed by atoms with Crippen LogP contribution < -0.4 is 10.9 Å². The summed E-state index contributed by atoms with van der Waals surface area (Å²) < 4.78 is 21.6.